The minimum Gasteiger partial charge on any atom is -0.489 e. The maximum Gasteiger partial charge on any atom is 0.321 e. The van der Waals surface area contributed by atoms with Crippen LogP contribution in [0.2, 0.25) is 0 Å². The SMILES string of the molecule is O=C1N(Cc2cccc(OCc3ccccc3)c2)[C@H](Cc2ccccc2)[C@H](Oc2cccc(COCc3ccccc3)c2)[C@H]2[C@@H](Cc3ccccc3)N12. The molecule has 0 N–H and O–H groups in total. The molecule has 0 aromatic heterocycles. The average Bonchev–Trinajstić information content (AvgIpc) is 3.92. The minimum absolute atomic E-state index is 0.0381. The van der Waals surface area contributed by atoms with E-state index in [1.165, 1.54) is 11.1 Å². The summed E-state index contributed by atoms with van der Waals surface area (Å²) in [6.45, 7) is 1.94. The Morgan fingerprint density at radius 3 is 1.60 bits per heavy atom. The number of urea groups is 1. The van der Waals surface area contributed by atoms with Gasteiger partial charge in [0.15, 0.2) is 0 Å². The highest BCUT2D eigenvalue weighted by atomic mass is 16.5. The molecule has 53 heavy (non-hydrogen) atoms. The lowest BCUT2D eigenvalue weighted by Gasteiger charge is -2.41. The predicted octanol–water partition coefficient (Wildman–Crippen LogP) is 9.27. The number of carbonyl (C=O) groups excluding carboxylic acids is 1. The Morgan fingerprint density at radius 1 is 0.472 bits per heavy atom. The van der Waals surface area contributed by atoms with E-state index < -0.39 is 0 Å². The Bertz CT molecular complexity index is 2080. The zero-order chi connectivity index (χ0) is 35.8. The standard InChI is InChI=1S/C47H44N2O4/c50-47-48(31-39-23-13-25-41(27-39)52-34-38-21-11-4-12-22-38)44(30-36-17-7-2-8-18-36)46(45-43(49(45)47)29-35-15-5-1-6-16-35)53-42-26-14-24-40(28-42)33-51-32-37-19-9-3-10-20-37/h1-28,43-46H,29-34H2/t43-,44-,45-,46+,49?/m1/s1. The van der Waals surface area contributed by atoms with Gasteiger partial charge < -0.3 is 24.0 Å². The van der Waals surface area contributed by atoms with E-state index in [-0.39, 0.29) is 30.3 Å². The van der Waals surface area contributed by atoms with E-state index in [4.69, 9.17) is 14.2 Å². The molecule has 8 rings (SSSR count). The van der Waals surface area contributed by atoms with Gasteiger partial charge in [-0.15, -0.1) is 0 Å². The molecule has 0 aliphatic carbocycles. The Balaban J connectivity index is 1.08. The van der Waals surface area contributed by atoms with E-state index in [2.05, 4.69) is 97.1 Å². The maximum absolute atomic E-state index is 14.6. The van der Waals surface area contributed by atoms with E-state index in [0.29, 0.717) is 32.8 Å². The third kappa shape index (κ3) is 8.45. The Kier molecular flexibility index (Phi) is 10.5. The van der Waals surface area contributed by atoms with Gasteiger partial charge in [0.2, 0.25) is 0 Å². The van der Waals surface area contributed by atoms with Gasteiger partial charge in [0.05, 0.1) is 31.3 Å². The summed E-state index contributed by atoms with van der Waals surface area (Å²) in [7, 11) is 0. The molecular formula is C47H44N2O4. The van der Waals surface area contributed by atoms with Crippen molar-refractivity contribution in [3.63, 3.8) is 0 Å². The molecule has 6 aromatic carbocycles. The van der Waals surface area contributed by atoms with Gasteiger partial charge >= 0.3 is 6.03 Å². The van der Waals surface area contributed by atoms with Crippen molar-refractivity contribution in [1.29, 1.82) is 0 Å². The van der Waals surface area contributed by atoms with Crippen molar-refractivity contribution in [2.45, 2.75) is 63.4 Å². The highest BCUT2D eigenvalue weighted by Crippen LogP contribution is 2.44. The van der Waals surface area contributed by atoms with Gasteiger partial charge in [-0.3, -0.25) is 0 Å². The summed E-state index contributed by atoms with van der Waals surface area (Å²) >= 11 is 0. The number of amides is 2. The van der Waals surface area contributed by atoms with Crippen molar-refractivity contribution in [3.05, 3.63) is 203 Å². The van der Waals surface area contributed by atoms with Crippen LogP contribution < -0.4 is 9.47 Å². The first-order chi connectivity index (χ1) is 26.2. The Morgan fingerprint density at radius 2 is 0.962 bits per heavy atom. The van der Waals surface area contributed by atoms with Gasteiger partial charge in [0.1, 0.15) is 24.2 Å². The zero-order valence-corrected chi connectivity index (χ0v) is 29.7. The predicted molar refractivity (Wildman–Crippen MR) is 207 cm³/mol. The van der Waals surface area contributed by atoms with E-state index in [9.17, 15) is 4.79 Å². The third-order valence-corrected chi connectivity index (χ3v) is 10.2. The summed E-state index contributed by atoms with van der Waals surface area (Å²) in [6, 6.07) is 57.4. The fourth-order valence-corrected chi connectivity index (χ4v) is 7.53. The van der Waals surface area contributed by atoms with E-state index >= 15 is 0 Å². The van der Waals surface area contributed by atoms with Crippen LogP contribution in [0.15, 0.2) is 170 Å². The van der Waals surface area contributed by atoms with Gasteiger partial charge in [-0.2, -0.15) is 0 Å². The van der Waals surface area contributed by atoms with Gasteiger partial charge in [-0.25, -0.2) is 4.79 Å². The van der Waals surface area contributed by atoms with Crippen LogP contribution in [0.3, 0.4) is 0 Å². The number of hydrogen-bond donors (Lipinski definition) is 0. The molecule has 2 amide bonds. The van der Waals surface area contributed by atoms with Crippen LogP contribution in [-0.4, -0.2) is 40.1 Å². The number of ether oxygens (including phenoxy) is 3. The first-order valence-electron chi connectivity index (χ1n) is 18.5. The van der Waals surface area contributed by atoms with E-state index in [1.54, 1.807) is 0 Å². The molecule has 0 saturated carbocycles. The lowest BCUT2D eigenvalue weighted by molar-refractivity contribution is 0.0414. The fourth-order valence-electron chi connectivity index (χ4n) is 7.53. The molecule has 4 atom stereocenters. The van der Waals surface area contributed by atoms with Gasteiger partial charge in [-0.05, 0) is 70.5 Å². The van der Waals surface area contributed by atoms with E-state index in [1.807, 2.05) is 82.6 Å². The number of rotatable bonds is 15. The second-order valence-corrected chi connectivity index (χ2v) is 14.0. The highest BCUT2D eigenvalue weighted by molar-refractivity contribution is 5.81. The van der Waals surface area contributed by atoms with Crippen molar-refractivity contribution in [1.82, 2.24) is 9.80 Å². The van der Waals surface area contributed by atoms with Crippen LogP contribution in [-0.2, 0) is 43.9 Å². The molecule has 0 spiro atoms. The minimum atomic E-state index is -0.264. The van der Waals surface area contributed by atoms with E-state index in [0.717, 1.165) is 40.2 Å². The normalized spacial score (nSPS) is 19.1. The van der Waals surface area contributed by atoms with Gasteiger partial charge in [0, 0.05) is 6.54 Å². The van der Waals surface area contributed by atoms with Crippen molar-refractivity contribution in [2.75, 3.05) is 0 Å². The summed E-state index contributed by atoms with van der Waals surface area (Å²) in [4.78, 5) is 18.7. The molecule has 6 aromatic rings. The molecule has 2 aliphatic rings. The van der Waals surface area contributed by atoms with Crippen LogP contribution in [0.1, 0.15) is 33.4 Å². The number of fused-ring (bicyclic) bond motifs is 1. The lowest BCUT2D eigenvalue weighted by Crippen LogP contribution is -2.58. The molecule has 2 saturated heterocycles. The smallest absolute Gasteiger partial charge is 0.321 e. The van der Waals surface area contributed by atoms with Crippen molar-refractivity contribution in [3.8, 4) is 11.5 Å². The molecule has 6 nitrogen and oxygen atoms in total. The quantitative estimate of drug-likeness (QED) is 0.100. The van der Waals surface area contributed by atoms with Gasteiger partial charge in [0.25, 0.3) is 0 Å². The second-order valence-electron chi connectivity index (χ2n) is 14.0. The molecule has 266 valence electrons. The maximum atomic E-state index is 14.6. The average molecular weight is 701 g/mol. The van der Waals surface area contributed by atoms with Gasteiger partial charge in [-0.1, -0.05) is 146 Å². The summed E-state index contributed by atoms with van der Waals surface area (Å²) in [6.07, 6.45) is 1.18. The van der Waals surface area contributed by atoms with Crippen LogP contribution in [0.4, 0.5) is 4.79 Å². The van der Waals surface area contributed by atoms with Crippen molar-refractivity contribution >= 4 is 6.03 Å². The van der Waals surface area contributed by atoms with Crippen LogP contribution >= 0.6 is 0 Å². The van der Waals surface area contributed by atoms with Crippen LogP contribution in [0.5, 0.6) is 11.5 Å². The lowest BCUT2D eigenvalue weighted by atomic mass is 9.93. The largest absolute Gasteiger partial charge is 0.489 e. The molecule has 0 bridgehead atoms. The molecule has 2 aliphatic heterocycles. The molecule has 6 heteroatoms. The molecular weight excluding hydrogens is 657 g/mol. The molecule has 0 radical (unpaired) electrons. The second kappa shape index (κ2) is 16.2. The fraction of sp³-hybridized carbons (Fsp3) is 0.213. The van der Waals surface area contributed by atoms with Crippen molar-refractivity contribution in [2.24, 2.45) is 0 Å². The highest BCUT2D eigenvalue weighted by Gasteiger charge is 2.63. The summed E-state index contributed by atoms with van der Waals surface area (Å²) in [5, 5.41) is 0. The van der Waals surface area contributed by atoms with Crippen LogP contribution in [0, 0.1) is 0 Å². The Hall–Kier alpha value is -5.85. The topological polar surface area (TPSA) is 51.0 Å². The molecule has 0 unspecified atom stereocenters. The third-order valence-electron chi connectivity index (χ3n) is 10.2. The summed E-state index contributed by atoms with van der Waals surface area (Å²) in [5.41, 5.74) is 6.69. The van der Waals surface area contributed by atoms with Crippen LogP contribution in [0.25, 0.3) is 0 Å². The monoisotopic (exact) mass is 700 g/mol. The van der Waals surface area contributed by atoms with Crippen molar-refractivity contribution < 1.29 is 19.0 Å². The molecule has 2 heterocycles. The number of carbonyl (C=O) groups is 1. The Labute approximate surface area is 312 Å². The number of benzene rings is 6. The number of hydrogen-bond acceptors (Lipinski definition) is 4. The zero-order valence-electron chi connectivity index (χ0n) is 29.7. The number of nitrogens with zero attached hydrogens (tertiary/aromatic N) is 2. The summed E-state index contributed by atoms with van der Waals surface area (Å²) < 4.78 is 19.4. The molecule has 2 fully saturated rings. The first-order valence-corrected chi connectivity index (χ1v) is 18.5. The first kappa shape index (κ1) is 34.2. The summed E-state index contributed by atoms with van der Waals surface area (Å²) in [5.74, 6) is 1.56.